The number of benzene rings is 2. The zero-order valence-corrected chi connectivity index (χ0v) is 11.2. The van der Waals surface area contributed by atoms with Crippen LogP contribution in [0.15, 0.2) is 54.7 Å². The van der Waals surface area contributed by atoms with Crippen LogP contribution in [0.5, 0.6) is 5.75 Å². The van der Waals surface area contributed by atoms with Gasteiger partial charge in [0.1, 0.15) is 0 Å². The van der Waals surface area contributed by atoms with E-state index in [1.165, 1.54) is 12.1 Å². The first kappa shape index (κ1) is 13.2. The minimum Gasteiger partial charge on any atom is -0.505 e. The molecule has 0 aliphatic carbocycles. The zero-order valence-electron chi connectivity index (χ0n) is 11.2. The number of halogens is 1. The van der Waals surface area contributed by atoms with Crippen molar-refractivity contribution in [3.63, 3.8) is 0 Å². The van der Waals surface area contributed by atoms with Gasteiger partial charge in [0.05, 0.1) is 5.69 Å². The van der Waals surface area contributed by atoms with E-state index in [2.05, 4.69) is 15.5 Å². The molecule has 0 spiro atoms. The Labute approximate surface area is 121 Å². The summed E-state index contributed by atoms with van der Waals surface area (Å²) in [5, 5.41) is 19.2. The average Bonchev–Trinajstić information content (AvgIpc) is 3.03. The van der Waals surface area contributed by atoms with Crippen LogP contribution >= 0.6 is 0 Å². The third-order valence-electron chi connectivity index (χ3n) is 3.21. The molecule has 0 aliphatic rings. The summed E-state index contributed by atoms with van der Waals surface area (Å²) in [7, 11) is 0. The number of aromatic amines is 1. The van der Waals surface area contributed by atoms with Crippen molar-refractivity contribution in [3.05, 3.63) is 66.1 Å². The number of nitrogens with zero attached hydrogens (tertiary/aromatic N) is 1. The number of anilines is 1. The molecule has 0 amide bonds. The number of nitrogens with one attached hydrogen (secondary N) is 2. The zero-order chi connectivity index (χ0) is 14.7. The van der Waals surface area contributed by atoms with Crippen molar-refractivity contribution in [1.29, 1.82) is 0 Å². The Kier molecular flexibility index (Phi) is 3.55. The smallest absolute Gasteiger partial charge is 0.165 e. The topological polar surface area (TPSA) is 60.9 Å². The van der Waals surface area contributed by atoms with Gasteiger partial charge in [-0.05, 0) is 41.5 Å². The summed E-state index contributed by atoms with van der Waals surface area (Å²) in [6.07, 6.45) is 1.71. The number of aromatic hydroxyl groups is 1. The predicted molar refractivity (Wildman–Crippen MR) is 79.4 cm³/mol. The molecule has 0 atom stereocenters. The van der Waals surface area contributed by atoms with Crippen molar-refractivity contribution in [2.75, 3.05) is 5.32 Å². The summed E-state index contributed by atoms with van der Waals surface area (Å²) in [6.45, 7) is 0.487. The van der Waals surface area contributed by atoms with Crippen LogP contribution in [0.1, 0.15) is 5.56 Å². The van der Waals surface area contributed by atoms with Crippen molar-refractivity contribution >= 4 is 5.69 Å². The molecule has 106 valence electrons. The van der Waals surface area contributed by atoms with Gasteiger partial charge >= 0.3 is 0 Å². The minimum absolute atomic E-state index is 0.331. The van der Waals surface area contributed by atoms with E-state index in [9.17, 15) is 4.39 Å². The summed E-state index contributed by atoms with van der Waals surface area (Å²) < 4.78 is 13.2. The number of rotatable bonds is 4. The lowest BCUT2D eigenvalue weighted by Crippen LogP contribution is -1.99. The predicted octanol–water partition coefficient (Wildman–Crippen LogP) is 3.53. The number of phenols is 1. The van der Waals surface area contributed by atoms with Crippen molar-refractivity contribution in [3.8, 4) is 17.0 Å². The quantitative estimate of drug-likeness (QED) is 0.686. The van der Waals surface area contributed by atoms with Crippen LogP contribution in [0.3, 0.4) is 0 Å². The molecule has 0 saturated carbocycles. The number of H-pyrrole nitrogens is 1. The maximum atomic E-state index is 13.2. The van der Waals surface area contributed by atoms with E-state index in [1.54, 1.807) is 12.3 Å². The summed E-state index contributed by atoms with van der Waals surface area (Å²) >= 11 is 0. The number of hydrogen-bond acceptors (Lipinski definition) is 3. The van der Waals surface area contributed by atoms with Crippen LogP contribution in [-0.4, -0.2) is 15.3 Å². The van der Waals surface area contributed by atoms with Gasteiger partial charge in [-0.1, -0.05) is 18.2 Å². The van der Waals surface area contributed by atoms with Crippen molar-refractivity contribution < 1.29 is 9.50 Å². The molecular formula is C16H14FN3O. The van der Waals surface area contributed by atoms with Crippen molar-refractivity contribution in [2.45, 2.75) is 6.54 Å². The Hall–Kier alpha value is -2.82. The molecule has 3 aromatic rings. The second kappa shape index (κ2) is 5.66. The first-order valence-electron chi connectivity index (χ1n) is 6.53. The summed E-state index contributed by atoms with van der Waals surface area (Å²) in [5.74, 6) is -0.938. The van der Waals surface area contributed by atoms with Gasteiger partial charge in [0.15, 0.2) is 11.6 Å². The fourth-order valence-corrected chi connectivity index (χ4v) is 2.05. The third-order valence-corrected chi connectivity index (χ3v) is 3.21. The van der Waals surface area contributed by atoms with Crippen LogP contribution in [0.25, 0.3) is 11.3 Å². The fraction of sp³-hybridized carbons (Fsp3) is 0.0625. The van der Waals surface area contributed by atoms with Gasteiger partial charge in [-0.2, -0.15) is 5.10 Å². The number of hydrogen-bond donors (Lipinski definition) is 3. The van der Waals surface area contributed by atoms with E-state index >= 15 is 0 Å². The van der Waals surface area contributed by atoms with Gasteiger partial charge in [-0.3, -0.25) is 5.10 Å². The van der Waals surface area contributed by atoms with E-state index in [0.29, 0.717) is 6.54 Å². The molecule has 2 aromatic carbocycles. The normalized spacial score (nSPS) is 10.5. The summed E-state index contributed by atoms with van der Waals surface area (Å²) in [5.41, 5.74) is 3.71. The summed E-state index contributed by atoms with van der Waals surface area (Å²) in [4.78, 5) is 0. The first-order valence-corrected chi connectivity index (χ1v) is 6.53. The minimum atomic E-state index is -0.608. The van der Waals surface area contributed by atoms with Crippen LogP contribution in [0, 0.1) is 5.82 Å². The Morgan fingerprint density at radius 2 is 1.90 bits per heavy atom. The first-order chi connectivity index (χ1) is 10.2. The molecule has 0 fully saturated rings. The van der Waals surface area contributed by atoms with Crippen molar-refractivity contribution in [1.82, 2.24) is 10.2 Å². The Balaban J connectivity index is 1.66. The van der Waals surface area contributed by atoms with Crippen LogP contribution in [0.2, 0.25) is 0 Å². The van der Waals surface area contributed by atoms with E-state index in [4.69, 9.17) is 5.11 Å². The molecule has 3 rings (SSSR count). The van der Waals surface area contributed by atoms with Crippen LogP contribution < -0.4 is 5.32 Å². The summed E-state index contributed by atoms with van der Waals surface area (Å²) in [6, 6.07) is 14.1. The molecule has 21 heavy (non-hydrogen) atoms. The average molecular weight is 283 g/mol. The van der Waals surface area contributed by atoms with Gasteiger partial charge < -0.3 is 10.4 Å². The largest absolute Gasteiger partial charge is 0.505 e. The molecule has 3 N–H and O–H groups in total. The van der Waals surface area contributed by atoms with E-state index < -0.39 is 5.82 Å². The third kappa shape index (κ3) is 3.02. The monoisotopic (exact) mass is 283 g/mol. The Morgan fingerprint density at radius 1 is 1.10 bits per heavy atom. The highest BCUT2D eigenvalue weighted by molar-refractivity contribution is 5.62. The molecule has 0 bridgehead atoms. The van der Waals surface area contributed by atoms with Gasteiger partial charge in [-0.25, -0.2) is 4.39 Å². The fourth-order valence-electron chi connectivity index (χ4n) is 2.05. The lowest BCUT2D eigenvalue weighted by atomic mass is 10.1. The SMILES string of the molecule is Oc1ccc(CNc2ccc(-c3ccn[nH]3)cc2)cc1F. The van der Waals surface area contributed by atoms with E-state index in [1.807, 2.05) is 30.3 Å². The van der Waals surface area contributed by atoms with Gasteiger partial charge in [0, 0.05) is 18.4 Å². The molecule has 4 nitrogen and oxygen atoms in total. The Bertz CT molecular complexity index is 724. The second-order valence-corrected chi connectivity index (χ2v) is 4.69. The van der Waals surface area contributed by atoms with Crippen LogP contribution in [-0.2, 0) is 6.54 Å². The molecule has 1 aromatic heterocycles. The molecule has 0 radical (unpaired) electrons. The molecule has 1 heterocycles. The van der Waals surface area contributed by atoms with Crippen LogP contribution in [0.4, 0.5) is 10.1 Å². The van der Waals surface area contributed by atoms with Gasteiger partial charge in [-0.15, -0.1) is 0 Å². The number of aromatic nitrogens is 2. The number of phenolic OH excluding ortho intramolecular Hbond substituents is 1. The highest BCUT2D eigenvalue weighted by atomic mass is 19.1. The lowest BCUT2D eigenvalue weighted by Gasteiger charge is -2.08. The second-order valence-electron chi connectivity index (χ2n) is 4.69. The lowest BCUT2D eigenvalue weighted by molar-refractivity contribution is 0.432. The molecule has 0 aliphatic heterocycles. The Morgan fingerprint density at radius 3 is 2.57 bits per heavy atom. The van der Waals surface area contributed by atoms with E-state index in [-0.39, 0.29) is 5.75 Å². The van der Waals surface area contributed by atoms with Crippen molar-refractivity contribution in [2.24, 2.45) is 0 Å². The van der Waals surface area contributed by atoms with E-state index in [0.717, 1.165) is 22.5 Å². The highest BCUT2D eigenvalue weighted by Crippen LogP contribution is 2.20. The maximum absolute atomic E-state index is 13.2. The molecule has 0 saturated heterocycles. The molecular weight excluding hydrogens is 269 g/mol. The van der Waals surface area contributed by atoms with Gasteiger partial charge in [0.25, 0.3) is 0 Å². The molecule has 0 unspecified atom stereocenters. The standard InChI is InChI=1S/C16H14FN3O/c17-14-9-11(1-6-16(14)21)10-18-13-4-2-12(3-5-13)15-7-8-19-20-15/h1-9,18,21H,10H2,(H,19,20). The molecule has 5 heteroatoms. The van der Waals surface area contributed by atoms with Gasteiger partial charge in [0.2, 0.25) is 0 Å². The maximum Gasteiger partial charge on any atom is 0.165 e. The highest BCUT2D eigenvalue weighted by Gasteiger charge is 2.02.